The Hall–Kier alpha value is -1.67. The Balaban J connectivity index is 1.90. The summed E-state index contributed by atoms with van der Waals surface area (Å²) < 4.78 is 0. The second-order valence-corrected chi connectivity index (χ2v) is 5.30. The summed E-state index contributed by atoms with van der Waals surface area (Å²) in [5.41, 5.74) is 3.91. The summed E-state index contributed by atoms with van der Waals surface area (Å²) >= 11 is 0. The molecule has 2 rings (SSSR count). The van der Waals surface area contributed by atoms with Crippen LogP contribution in [0.4, 0.5) is 0 Å². The molecule has 2 heteroatoms. The van der Waals surface area contributed by atoms with E-state index in [2.05, 4.69) is 60.5 Å². The average molecular weight is 268 g/mol. The Morgan fingerprint density at radius 1 is 1.10 bits per heavy atom. The number of pyridine rings is 1. The maximum Gasteiger partial charge on any atom is 0.0419 e. The van der Waals surface area contributed by atoms with Crippen LogP contribution in [0.15, 0.2) is 48.7 Å². The molecule has 1 aromatic heterocycles. The van der Waals surface area contributed by atoms with Crippen molar-refractivity contribution in [1.82, 2.24) is 10.3 Å². The molecule has 0 saturated heterocycles. The molecule has 1 heterocycles. The molecular formula is C18H24N2. The maximum atomic E-state index is 4.43. The molecule has 1 atom stereocenters. The van der Waals surface area contributed by atoms with E-state index in [1.165, 1.54) is 16.8 Å². The van der Waals surface area contributed by atoms with Crippen LogP contribution in [0, 0.1) is 6.92 Å². The predicted octanol–water partition coefficient (Wildman–Crippen LogP) is 3.54. The highest BCUT2D eigenvalue weighted by Gasteiger charge is 2.09. The predicted molar refractivity (Wildman–Crippen MR) is 84.9 cm³/mol. The molecule has 0 fully saturated rings. The van der Waals surface area contributed by atoms with E-state index in [4.69, 9.17) is 0 Å². The van der Waals surface area contributed by atoms with Crippen molar-refractivity contribution in [2.75, 3.05) is 6.54 Å². The number of nitrogens with zero attached hydrogens (tertiary/aromatic N) is 1. The van der Waals surface area contributed by atoms with Gasteiger partial charge in [-0.15, -0.1) is 0 Å². The van der Waals surface area contributed by atoms with Crippen molar-refractivity contribution in [1.29, 1.82) is 0 Å². The highest BCUT2D eigenvalue weighted by Crippen LogP contribution is 2.10. The van der Waals surface area contributed by atoms with E-state index in [1.54, 1.807) is 0 Å². The standard InChI is InChI=1S/C18H24N2/c1-3-19-18(14-17-6-4-5-13-20-17)12-11-16-9-7-15(2)8-10-16/h4-10,13,18-19H,3,11-12,14H2,1-2H3. The van der Waals surface area contributed by atoms with E-state index in [0.29, 0.717) is 6.04 Å². The van der Waals surface area contributed by atoms with Gasteiger partial charge in [0.25, 0.3) is 0 Å². The molecule has 0 aliphatic rings. The summed E-state index contributed by atoms with van der Waals surface area (Å²) in [6, 6.07) is 15.5. The molecule has 2 aromatic rings. The Kier molecular flexibility index (Phi) is 5.75. The third kappa shape index (κ3) is 4.78. The van der Waals surface area contributed by atoms with E-state index in [-0.39, 0.29) is 0 Å². The zero-order valence-corrected chi connectivity index (χ0v) is 12.5. The molecule has 0 aliphatic carbocycles. The topological polar surface area (TPSA) is 24.9 Å². The number of aryl methyl sites for hydroxylation is 2. The van der Waals surface area contributed by atoms with Crippen LogP contribution in [0.3, 0.4) is 0 Å². The molecule has 0 aliphatic heterocycles. The van der Waals surface area contributed by atoms with E-state index in [0.717, 1.165) is 25.8 Å². The fourth-order valence-electron chi connectivity index (χ4n) is 2.43. The zero-order chi connectivity index (χ0) is 14.2. The van der Waals surface area contributed by atoms with Crippen molar-refractivity contribution in [3.05, 3.63) is 65.5 Å². The number of rotatable bonds is 7. The first-order valence-electron chi connectivity index (χ1n) is 7.46. The zero-order valence-electron chi connectivity index (χ0n) is 12.5. The van der Waals surface area contributed by atoms with E-state index in [1.807, 2.05) is 12.3 Å². The molecule has 1 N–H and O–H groups in total. The van der Waals surface area contributed by atoms with Gasteiger partial charge in [-0.1, -0.05) is 42.8 Å². The fourth-order valence-corrected chi connectivity index (χ4v) is 2.43. The molecule has 0 radical (unpaired) electrons. The Labute approximate surface area is 122 Å². The fraction of sp³-hybridized carbons (Fsp3) is 0.389. The Bertz CT molecular complexity index is 491. The molecule has 2 nitrogen and oxygen atoms in total. The summed E-state index contributed by atoms with van der Waals surface area (Å²) in [6.07, 6.45) is 5.14. The lowest BCUT2D eigenvalue weighted by atomic mass is 10.0. The smallest absolute Gasteiger partial charge is 0.0419 e. The molecular weight excluding hydrogens is 244 g/mol. The largest absolute Gasteiger partial charge is 0.314 e. The van der Waals surface area contributed by atoms with Gasteiger partial charge in [-0.3, -0.25) is 4.98 Å². The first-order valence-corrected chi connectivity index (χ1v) is 7.46. The summed E-state index contributed by atoms with van der Waals surface area (Å²) in [4.78, 5) is 4.43. The highest BCUT2D eigenvalue weighted by molar-refractivity contribution is 5.21. The number of aromatic nitrogens is 1. The van der Waals surface area contributed by atoms with Crippen molar-refractivity contribution in [3.63, 3.8) is 0 Å². The van der Waals surface area contributed by atoms with E-state index >= 15 is 0 Å². The summed E-state index contributed by atoms with van der Waals surface area (Å²) in [7, 11) is 0. The van der Waals surface area contributed by atoms with Gasteiger partial charge >= 0.3 is 0 Å². The van der Waals surface area contributed by atoms with Gasteiger partial charge in [-0.25, -0.2) is 0 Å². The minimum atomic E-state index is 0.496. The number of hydrogen-bond donors (Lipinski definition) is 1. The van der Waals surface area contributed by atoms with Crippen molar-refractivity contribution in [2.45, 2.75) is 39.2 Å². The van der Waals surface area contributed by atoms with Crippen LogP contribution in [0.5, 0.6) is 0 Å². The quantitative estimate of drug-likeness (QED) is 0.830. The van der Waals surface area contributed by atoms with Gasteiger partial charge in [-0.2, -0.15) is 0 Å². The molecule has 106 valence electrons. The molecule has 0 spiro atoms. The minimum Gasteiger partial charge on any atom is -0.314 e. The van der Waals surface area contributed by atoms with E-state index in [9.17, 15) is 0 Å². The third-order valence-corrected chi connectivity index (χ3v) is 3.58. The number of hydrogen-bond acceptors (Lipinski definition) is 2. The lowest BCUT2D eigenvalue weighted by Crippen LogP contribution is -2.31. The van der Waals surface area contributed by atoms with Crippen LogP contribution in [0.2, 0.25) is 0 Å². The normalized spacial score (nSPS) is 12.3. The van der Waals surface area contributed by atoms with Crippen LogP contribution in [-0.4, -0.2) is 17.6 Å². The third-order valence-electron chi connectivity index (χ3n) is 3.58. The summed E-state index contributed by atoms with van der Waals surface area (Å²) in [6.45, 7) is 5.30. The van der Waals surface area contributed by atoms with E-state index < -0.39 is 0 Å². The lowest BCUT2D eigenvalue weighted by molar-refractivity contribution is 0.487. The minimum absolute atomic E-state index is 0.496. The molecule has 0 saturated carbocycles. The van der Waals surface area contributed by atoms with Gasteiger partial charge in [0.2, 0.25) is 0 Å². The molecule has 0 bridgehead atoms. The Morgan fingerprint density at radius 3 is 2.55 bits per heavy atom. The number of likely N-dealkylation sites (N-methyl/N-ethyl adjacent to an activating group) is 1. The highest BCUT2D eigenvalue weighted by atomic mass is 14.9. The first kappa shape index (κ1) is 14.7. The monoisotopic (exact) mass is 268 g/mol. The molecule has 1 aromatic carbocycles. The van der Waals surface area contributed by atoms with Gasteiger partial charge in [0.05, 0.1) is 0 Å². The van der Waals surface area contributed by atoms with Crippen LogP contribution < -0.4 is 5.32 Å². The maximum absolute atomic E-state index is 4.43. The second-order valence-electron chi connectivity index (χ2n) is 5.30. The number of nitrogens with one attached hydrogen (secondary N) is 1. The Morgan fingerprint density at radius 2 is 1.90 bits per heavy atom. The van der Waals surface area contributed by atoms with Crippen LogP contribution >= 0.6 is 0 Å². The lowest BCUT2D eigenvalue weighted by Gasteiger charge is -2.17. The van der Waals surface area contributed by atoms with Crippen molar-refractivity contribution in [3.8, 4) is 0 Å². The molecule has 1 unspecified atom stereocenters. The van der Waals surface area contributed by atoms with Crippen LogP contribution in [-0.2, 0) is 12.8 Å². The van der Waals surface area contributed by atoms with Crippen molar-refractivity contribution < 1.29 is 0 Å². The summed E-state index contributed by atoms with van der Waals surface area (Å²) in [5.74, 6) is 0. The van der Waals surface area contributed by atoms with Crippen molar-refractivity contribution >= 4 is 0 Å². The average Bonchev–Trinajstić information content (AvgIpc) is 2.48. The van der Waals surface area contributed by atoms with Gasteiger partial charge < -0.3 is 5.32 Å². The number of benzene rings is 1. The SMILES string of the molecule is CCNC(CCc1ccc(C)cc1)Cc1ccccn1. The van der Waals surface area contributed by atoms with Crippen molar-refractivity contribution in [2.24, 2.45) is 0 Å². The van der Waals surface area contributed by atoms with Gasteiger partial charge in [0, 0.05) is 24.4 Å². The second kappa shape index (κ2) is 7.81. The molecule has 20 heavy (non-hydrogen) atoms. The van der Waals surface area contributed by atoms with Gasteiger partial charge in [0.15, 0.2) is 0 Å². The summed E-state index contributed by atoms with van der Waals surface area (Å²) in [5, 5.41) is 3.57. The first-order chi connectivity index (χ1) is 9.78. The van der Waals surface area contributed by atoms with Gasteiger partial charge in [0.1, 0.15) is 0 Å². The molecule has 0 amide bonds. The van der Waals surface area contributed by atoms with Crippen LogP contribution in [0.1, 0.15) is 30.2 Å². The van der Waals surface area contributed by atoms with Gasteiger partial charge in [-0.05, 0) is 44.0 Å². The van der Waals surface area contributed by atoms with Crippen LogP contribution in [0.25, 0.3) is 0 Å².